The summed E-state index contributed by atoms with van der Waals surface area (Å²) in [4.78, 5) is 28.7. The second-order valence-electron chi connectivity index (χ2n) is 5.18. The molecule has 0 aliphatic carbocycles. The van der Waals surface area contributed by atoms with Crippen molar-refractivity contribution in [2.45, 2.75) is 6.92 Å². The molecule has 0 aliphatic rings. The molecule has 1 N–H and O–H groups in total. The van der Waals surface area contributed by atoms with Gasteiger partial charge in [-0.05, 0) is 25.1 Å². The molecule has 0 saturated carbocycles. The van der Waals surface area contributed by atoms with Gasteiger partial charge in [-0.3, -0.25) is 14.6 Å². The first-order valence-electron chi connectivity index (χ1n) is 7.30. The molecule has 0 radical (unpaired) electrons. The zero-order valence-electron chi connectivity index (χ0n) is 13.2. The number of benzene rings is 1. The SMILES string of the molecule is C/C(=N\NC(=O)c1nn(C)c(=O)c2ccccc12)c1ccccn1. The number of nitrogens with zero attached hydrogens (tertiary/aromatic N) is 4. The van der Waals surface area contributed by atoms with Crippen molar-refractivity contribution in [1.82, 2.24) is 20.2 Å². The number of carbonyl (C=O) groups excluding carboxylic acids is 1. The minimum absolute atomic E-state index is 0.144. The maximum atomic E-state index is 12.4. The van der Waals surface area contributed by atoms with Gasteiger partial charge < -0.3 is 0 Å². The van der Waals surface area contributed by atoms with Crippen LogP contribution in [0, 0.1) is 0 Å². The van der Waals surface area contributed by atoms with Gasteiger partial charge in [-0.15, -0.1) is 0 Å². The second kappa shape index (κ2) is 6.41. The number of aryl methyl sites for hydroxylation is 1. The number of hydrazone groups is 1. The number of hydrogen-bond acceptors (Lipinski definition) is 5. The highest BCUT2D eigenvalue weighted by molar-refractivity contribution is 6.05. The van der Waals surface area contributed by atoms with E-state index in [-0.39, 0.29) is 11.3 Å². The van der Waals surface area contributed by atoms with Gasteiger partial charge in [0.25, 0.3) is 11.5 Å². The van der Waals surface area contributed by atoms with E-state index in [1.54, 1.807) is 49.5 Å². The number of amides is 1. The molecule has 0 aliphatic heterocycles. The van der Waals surface area contributed by atoms with Gasteiger partial charge in [-0.2, -0.15) is 10.2 Å². The Bertz CT molecular complexity index is 993. The molecule has 2 aromatic heterocycles. The minimum Gasteiger partial charge on any atom is -0.267 e. The van der Waals surface area contributed by atoms with Crippen molar-refractivity contribution in [3.8, 4) is 0 Å². The van der Waals surface area contributed by atoms with Crippen molar-refractivity contribution in [3.63, 3.8) is 0 Å². The second-order valence-corrected chi connectivity index (χ2v) is 5.18. The third-order valence-electron chi connectivity index (χ3n) is 3.53. The zero-order chi connectivity index (χ0) is 17.1. The molecule has 3 aromatic rings. The number of carbonyl (C=O) groups is 1. The third kappa shape index (κ3) is 2.91. The van der Waals surface area contributed by atoms with Crippen LogP contribution in [0.2, 0.25) is 0 Å². The highest BCUT2D eigenvalue weighted by atomic mass is 16.2. The van der Waals surface area contributed by atoms with Crippen LogP contribution in [0.3, 0.4) is 0 Å². The lowest BCUT2D eigenvalue weighted by molar-refractivity contribution is 0.0949. The highest BCUT2D eigenvalue weighted by Crippen LogP contribution is 2.12. The van der Waals surface area contributed by atoms with Gasteiger partial charge in [0.1, 0.15) is 0 Å². The van der Waals surface area contributed by atoms with Crippen molar-refractivity contribution in [2.75, 3.05) is 0 Å². The Morgan fingerprint density at radius 3 is 2.54 bits per heavy atom. The molecule has 1 amide bonds. The van der Waals surface area contributed by atoms with Crippen LogP contribution in [0.15, 0.2) is 58.6 Å². The summed E-state index contributed by atoms with van der Waals surface area (Å²) in [6.07, 6.45) is 1.65. The van der Waals surface area contributed by atoms with Crippen LogP contribution in [0.1, 0.15) is 23.1 Å². The lowest BCUT2D eigenvalue weighted by Gasteiger charge is -2.07. The largest absolute Gasteiger partial charge is 0.292 e. The van der Waals surface area contributed by atoms with Crippen molar-refractivity contribution >= 4 is 22.4 Å². The van der Waals surface area contributed by atoms with Crippen LogP contribution in [-0.4, -0.2) is 26.4 Å². The maximum Gasteiger partial charge on any atom is 0.292 e. The Kier molecular flexibility index (Phi) is 4.15. The van der Waals surface area contributed by atoms with E-state index in [0.717, 1.165) is 4.68 Å². The summed E-state index contributed by atoms with van der Waals surface area (Å²) in [6, 6.07) is 12.3. The zero-order valence-corrected chi connectivity index (χ0v) is 13.2. The first-order chi connectivity index (χ1) is 11.6. The van der Waals surface area contributed by atoms with Gasteiger partial charge in [0, 0.05) is 18.6 Å². The van der Waals surface area contributed by atoms with Crippen LogP contribution in [0.4, 0.5) is 0 Å². The van der Waals surface area contributed by atoms with Crippen LogP contribution >= 0.6 is 0 Å². The van der Waals surface area contributed by atoms with Crippen molar-refractivity contribution in [3.05, 3.63) is 70.4 Å². The number of hydrogen-bond donors (Lipinski definition) is 1. The molecule has 1 aromatic carbocycles. The summed E-state index contributed by atoms with van der Waals surface area (Å²) in [5, 5.41) is 9.04. The Morgan fingerprint density at radius 1 is 1.12 bits per heavy atom. The van der Waals surface area contributed by atoms with Crippen molar-refractivity contribution in [1.29, 1.82) is 0 Å². The van der Waals surface area contributed by atoms with Crippen LogP contribution in [-0.2, 0) is 7.05 Å². The number of rotatable bonds is 3. The maximum absolute atomic E-state index is 12.4. The van der Waals surface area contributed by atoms with Crippen LogP contribution in [0.25, 0.3) is 10.8 Å². The minimum atomic E-state index is -0.489. The molecular weight excluding hydrogens is 306 g/mol. The lowest BCUT2D eigenvalue weighted by Crippen LogP contribution is -2.27. The molecule has 0 fully saturated rings. The molecule has 0 bridgehead atoms. The van der Waals surface area contributed by atoms with Gasteiger partial charge in [-0.1, -0.05) is 24.3 Å². The highest BCUT2D eigenvalue weighted by Gasteiger charge is 2.15. The number of fused-ring (bicyclic) bond motifs is 1. The van der Waals surface area contributed by atoms with E-state index >= 15 is 0 Å². The summed E-state index contributed by atoms with van der Waals surface area (Å²) < 4.78 is 1.15. The van der Waals surface area contributed by atoms with Crippen LogP contribution < -0.4 is 11.0 Å². The first kappa shape index (κ1) is 15.5. The van der Waals surface area contributed by atoms with Gasteiger partial charge in [0.2, 0.25) is 0 Å². The molecule has 3 rings (SSSR count). The molecule has 24 heavy (non-hydrogen) atoms. The summed E-state index contributed by atoms with van der Waals surface area (Å²) >= 11 is 0. The Morgan fingerprint density at radius 2 is 1.83 bits per heavy atom. The Hall–Kier alpha value is -3.35. The van der Waals surface area contributed by atoms with Gasteiger partial charge in [0.05, 0.1) is 16.8 Å². The fourth-order valence-corrected chi connectivity index (χ4v) is 2.29. The van der Waals surface area contributed by atoms with Crippen LogP contribution in [0.5, 0.6) is 0 Å². The van der Waals surface area contributed by atoms with E-state index in [9.17, 15) is 9.59 Å². The first-order valence-corrected chi connectivity index (χ1v) is 7.30. The number of nitrogens with one attached hydrogen (secondary N) is 1. The average Bonchev–Trinajstić information content (AvgIpc) is 2.63. The smallest absolute Gasteiger partial charge is 0.267 e. The van der Waals surface area contributed by atoms with Crippen molar-refractivity contribution < 1.29 is 4.79 Å². The molecule has 0 spiro atoms. The predicted octanol–water partition coefficient (Wildman–Crippen LogP) is 1.48. The van der Waals surface area contributed by atoms with Gasteiger partial charge in [0.15, 0.2) is 5.69 Å². The molecule has 0 atom stereocenters. The molecular formula is C17H15N5O2. The summed E-state index contributed by atoms with van der Waals surface area (Å²) in [6.45, 7) is 1.74. The van der Waals surface area contributed by atoms with E-state index in [4.69, 9.17) is 0 Å². The summed E-state index contributed by atoms with van der Waals surface area (Å²) in [5.41, 5.74) is 3.59. The molecule has 0 unspecified atom stereocenters. The quantitative estimate of drug-likeness (QED) is 0.584. The fraction of sp³-hybridized carbons (Fsp3) is 0.118. The fourth-order valence-electron chi connectivity index (χ4n) is 2.29. The Labute approximate surface area is 137 Å². The van der Waals surface area contributed by atoms with Crippen molar-refractivity contribution in [2.24, 2.45) is 12.1 Å². The molecule has 120 valence electrons. The van der Waals surface area contributed by atoms with E-state index in [0.29, 0.717) is 22.2 Å². The molecule has 2 heterocycles. The monoisotopic (exact) mass is 321 g/mol. The van der Waals surface area contributed by atoms with Gasteiger partial charge >= 0.3 is 0 Å². The molecule has 7 heteroatoms. The molecule has 0 saturated heterocycles. The predicted molar refractivity (Wildman–Crippen MR) is 90.9 cm³/mol. The normalized spacial score (nSPS) is 11.5. The molecule has 7 nitrogen and oxygen atoms in total. The van der Waals surface area contributed by atoms with E-state index in [1.807, 2.05) is 6.07 Å². The average molecular weight is 321 g/mol. The summed E-state index contributed by atoms with van der Waals surface area (Å²) in [5.74, 6) is -0.489. The lowest BCUT2D eigenvalue weighted by atomic mass is 10.1. The van der Waals surface area contributed by atoms with E-state index in [2.05, 4.69) is 20.6 Å². The summed E-state index contributed by atoms with van der Waals surface area (Å²) in [7, 11) is 1.51. The standard InChI is InChI=1S/C17H15N5O2/c1-11(14-9-5-6-10-18-14)19-20-16(23)15-12-7-3-4-8-13(12)17(24)22(2)21-15/h3-10H,1-2H3,(H,20,23)/b19-11+. The number of pyridine rings is 1. The third-order valence-corrected chi connectivity index (χ3v) is 3.53. The topological polar surface area (TPSA) is 89.2 Å². The Balaban J connectivity index is 1.95. The van der Waals surface area contributed by atoms with E-state index < -0.39 is 5.91 Å². The number of aromatic nitrogens is 3. The van der Waals surface area contributed by atoms with Gasteiger partial charge in [-0.25, -0.2) is 10.1 Å². The van der Waals surface area contributed by atoms with E-state index in [1.165, 1.54) is 7.05 Å².